The molecule has 1 aromatic heterocycles. The second kappa shape index (κ2) is 8.95. The van der Waals surface area contributed by atoms with Gasteiger partial charge in [0.1, 0.15) is 24.6 Å². The molecule has 0 spiro atoms. The Morgan fingerprint density at radius 1 is 1.23 bits per heavy atom. The van der Waals surface area contributed by atoms with E-state index in [1.807, 2.05) is 24.3 Å². The zero-order chi connectivity index (χ0) is 20.9. The fourth-order valence-corrected chi connectivity index (χ4v) is 3.64. The molecule has 0 aliphatic carbocycles. The van der Waals surface area contributed by atoms with Gasteiger partial charge in [0.05, 0.1) is 11.8 Å². The maximum absolute atomic E-state index is 12.4. The number of carbonyl (C=O) groups is 1. The second-order valence-corrected chi connectivity index (χ2v) is 7.39. The first-order chi connectivity index (χ1) is 14.6. The summed E-state index contributed by atoms with van der Waals surface area (Å²) >= 11 is 0. The Morgan fingerprint density at radius 2 is 2.07 bits per heavy atom. The lowest BCUT2D eigenvalue weighted by Crippen LogP contribution is -2.40. The topological polar surface area (TPSA) is 130 Å². The lowest BCUT2D eigenvalue weighted by atomic mass is 10.1. The smallest absolute Gasteiger partial charge is 0.319 e. The van der Waals surface area contributed by atoms with Crippen LogP contribution in [-0.4, -0.2) is 54.5 Å². The van der Waals surface area contributed by atoms with Crippen molar-refractivity contribution in [1.29, 1.82) is 0 Å². The van der Waals surface area contributed by atoms with Gasteiger partial charge in [-0.15, -0.1) is 0 Å². The normalized spacial score (nSPS) is 23.2. The summed E-state index contributed by atoms with van der Waals surface area (Å²) in [6, 6.07) is 7.70. The van der Waals surface area contributed by atoms with Crippen molar-refractivity contribution in [2.24, 2.45) is 5.16 Å². The Labute approximate surface area is 174 Å². The van der Waals surface area contributed by atoms with Crippen molar-refractivity contribution in [3.8, 4) is 0 Å². The number of hydrogen-bond donors (Lipinski definition) is 4. The minimum atomic E-state index is -0.226. The van der Waals surface area contributed by atoms with Crippen LogP contribution in [0.25, 0.3) is 0 Å². The van der Waals surface area contributed by atoms with E-state index in [1.54, 1.807) is 6.21 Å². The molecule has 30 heavy (non-hydrogen) atoms. The Morgan fingerprint density at radius 3 is 2.90 bits per heavy atom. The Bertz CT molecular complexity index is 918. The van der Waals surface area contributed by atoms with Gasteiger partial charge in [0.15, 0.2) is 0 Å². The summed E-state index contributed by atoms with van der Waals surface area (Å²) in [4.78, 5) is 28.3. The standard InChI is InChI=1S/C20H26N8O2/c1-13-14-2-4-15(5-3-14)26-20(29)27-16-6-8-28(11-16)19-17(18(21)23-12-24-19)10-25-30-9-7-22-13/h2-5,10,12-13,16,22H,6-9,11H2,1H3,(H2,21,23,24)(H2,26,27,29)/b25-10+. The molecule has 1 saturated heterocycles. The van der Waals surface area contributed by atoms with E-state index < -0.39 is 0 Å². The molecule has 2 atom stereocenters. The highest BCUT2D eigenvalue weighted by atomic mass is 16.6. The first kappa shape index (κ1) is 19.9. The van der Waals surface area contributed by atoms with Crippen LogP contribution in [0.1, 0.15) is 30.5 Å². The maximum Gasteiger partial charge on any atom is 0.319 e. The van der Waals surface area contributed by atoms with Gasteiger partial charge in [-0.05, 0) is 31.0 Å². The molecule has 0 saturated carbocycles. The summed E-state index contributed by atoms with van der Waals surface area (Å²) in [7, 11) is 0. The van der Waals surface area contributed by atoms with Crippen LogP contribution >= 0.6 is 0 Å². The van der Waals surface area contributed by atoms with Gasteiger partial charge in [0.25, 0.3) is 0 Å². The zero-order valence-corrected chi connectivity index (χ0v) is 16.8. The average Bonchev–Trinajstić information content (AvgIpc) is 3.19. The van der Waals surface area contributed by atoms with Gasteiger partial charge in [-0.1, -0.05) is 17.3 Å². The van der Waals surface area contributed by atoms with Crippen molar-refractivity contribution < 1.29 is 9.63 Å². The van der Waals surface area contributed by atoms with Crippen LogP contribution in [0, 0.1) is 0 Å². The molecule has 5 rings (SSSR count). The van der Waals surface area contributed by atoms with Crippen molar-refractivity contribution in [1.82, 2.24) is 20.6 Å². The number of nitrogen functional groups attached to an aromatic ring is 1. The van der Waals surface area contributed by atoms with Gasteiger partial charge in [-0.25, -0.2) is 14.8 Å². The van der Waals surface area contributed by atoms with Crippen LogP contribution in [0.3, 0.4) is 0 Å². The number of urea groups is 1. The van der Waals surface area contributed by atoms with E-state index in [0.29, 0.717) is 36.9 Å². The quantitative estimate of drug-likeness (QED) is 0.517. The van der Waals surface area contributed by atoms with Crippen molar-refractivity contribution in [2.45, 2.75) is 25.4 Å². The average molecular weight is 410 g/mol. The summed E-state index contributed by atoms with van der Waals surface area (Å²) in [5.41, 5.74) is 8.53. The molecule has 4 heterocycles. The maximum atomic E-state index is 12.4. The minimum Gasteiger partial charge on any atom is -0.394 e. The monoisotopic (exact) mass is 410 g/mol. The number of benzene rings is 1. The third kappa shape index (κ3) is 4.60. The fourth-order valence-electron chi connectivity index (χ4n) is 3.64. The number of rotatable bonds is 0. The van der Waals surface area contributed by atoms with Crippen molar-refractivity contribution in [3.63, 3.8) is 0 Å². The summed E-state index contributed by atoms with van der Waals surface area (Å²) < 4.78 is 0. The van der Waals surface area contributed by atoms with Gasteiger partial charge >= 0.3 is 6.03 Å². The van der Waals surface area contributed by atoms with E-state index in [0.717, 1.165) is 24.2 Å². The van der Waals surface area contributed by atoms with E-state index in [-0.39, 0.29) is 18.1 Å². The number of amides is 2. The number of nitrogens with one attached hydrogen (secondary N) is 3. The largest absolute Gasteiger partial charge is 0.394 e. The molecule has 1 aromatic carbocycles. The molecule has 3 aliphatic rings. The molecule has 4 bridgehead atoms. The van der Waals surface area contributed by atoms with Crippen LogP contribution in [0.5, 0.6) is 0 Å². The van der Waals surface area contributed by atoms with Crippen LogP contribution in [-0.2, 0) is 4.84 Å². The Balaban J connectivity index is 1.56. The summed E-state index contributed by atoms with van der Waals surface area (Å²) in [6.45, 7) is 4.46. The van der Waals surface area contributed by atoms with Crippen LogP contribution in [0.15, 0.2) is 35.7 Å². The highest BCUT2D eigenvalue weighted by Gasteiger charge is 2.27. The van der Waals surface area contributed by atoms with Crippen molar-refractivity contribution >= 4 is 29.6 Å². The first-order valence-electron chi connectivity index (χ1n) is 10.0. The molecule has 10 heteroatoms. The molecule has 158 valence electrons. The summed E-state index contributed by atoms with van der Waals surface area (Å²) in [6.07, 6.45) is 3.78. The molecule has 3 aliphatic heterocycles. The number of anilines is 3. The third-order valence-electron chi connectivity index (χ3n) is 5.29. The van der Waals surface area contributed by atoms with E-state index in [9.17, 15) is 4.79 Å². The second-order valence-electron chi connectivity index (χ2n) is 7.39. The first-order valence-corrected chi connectivity index (χ1v) is 10.0. The third-order valence-corrected chi connectivity index (χ3v) is 5.29. The number of nitrogens with two attached hydrogens (primary N) is 1. The van der Waals surface area contributed by atoms with Gasteiger partial charge < -0.3 is 31.4 Å². The Kier molecular flexibility index (Phi) is 5.94. The fraction of sp³-hybridized carbons (Fsp3) is 0.400. The number of aromatic nitrogens is 2. The number of fused-ring (bicyclic) bond motifs is 9. The minimum absolute atomic E-state index is 0.00666. The number of nitrogens with zero attached hydrogens (tertiary/aromatic N) is 4. The molecule has 1 fully saturated rings. The molecule has 2 amide bonds. The number of carbonyl (C=O) groups excluding carboxylic acids is 1. The van der Waals surface area contributed by atoms with E-state index in [2.05, 4.69) is 42.9 Å². The number of hydrogen-bond acceptors (Lipinski definition) is 8. The van der Waals surface area contributed by atoms with E-state index in [4.69, 9.17) is 10.6 Å². The molecule has 5 N–H and O–H groups in total. The van der Waals surface area contributed by atoms with Crippen LogP contribution in [0.4, 0.5) is 22.1 Å². The summed E-state index contributed by atoms with van der Waals surface area (Å²) in [5, 5.41) is 13.4. The van der Waals surface area contributed by atoms with Crippen LogP contribution < -0.4 is 26.6 Å². The van der Waals surface area contributed by atoms with E-state index in [1.165, 1.54) is 6.33 Å². The molecule has 10 nitrogen and oxygen atoms in total. The van der Waals surface area contributed by atoms with Crippen LogP contribution in [0.2, 0.25) is 0 Å². The number of oxime groups is 1. The van der Waals surface area contributed by atoms with Crippen molar-refractivity contribution in [3.05, 3.63) is 41.7 Å². The highest BCUT2D eigenvalue weighted by molar-refractivity contribution is 5.92. The Hall–Kier alpha value is -3.40. The molecular weight excluding hydrogens is 384 g/mol. The SMILES string of the molecule is CC1NCCO/N=C/c2c(N)ncnc2N2CCC(C2)NC(=O)Nc2ccc1cc2. The molecule has 2 unspecified atom stereocenters. The lowest BCUT2D eigenvalue weighted by molar-refractivity contribution is 0.145. The summed E-state index contributed by atoms with van der Waals surface area (Å²) in [5.74, 6) is 1.01. The van der Waals surface area contributed by atoms with Crippen molar-refractivity contribution in [2.75, 3.05) is 42.2 Å². The van der Waals surface area contributed by atoms with Gasteiger partial charge in [0, 0.05) is 37.4 Å². The highest BCUT2D eigenvalue weighted by Crippen LogP contribution is 2.24. The molecule has 2 aromatic rings. The molecular formula is C20H26N8O2. The van der Waals surface area contributed by atoms with E-state index >= 15 is 0 Å². The van der Waals surface area contributed by atoms with Gasteiger partial charge in [0.2, 0.25) is 0 Å². The zero-order valence-electron chi connectivity index (χ0n) is 16.8. The molecule has 0 radical (unpaired) electrons. The lowest BCUT2D eigenvalue weighted by Gasteiger charge is -2.20. The predicted molar refractivity (Wildman–Crippen MR) is 116 cm³/mol. The predicted octanol–water partition coefficient (Wildman–Crippen LogP) is 1.47. The van der Waals surface area contributed by atoms with Gasteiger partial charge in [-0.2, -0.15) is 0 Å². The van der Waals surface area contributed by atoms with Gasteiger partial charge in [-0.3, -0.25) is 0 Å².